The summed E-state index contributed by atoms with van der Waals surface area (Å²) in [6.45, 7) is 4.04. The second-order valence-electron chi connectivity index (χ2n) is 4.75. The highest BCUT2D eigenvalue weighted by molar-refractivity contribution is 7.99. The average molecular weight is 315 g/mol. The molecular formula is C18H21NO2S. The minimum Gasteiger partial charge on any atom is -0.481 e. The van der Waals surface area contributed by atoms with Gasteiger partial charge >= 0.3 is 0 Å². The van der Waals surface area contributed by atoms with Crippen molar-refractivity contribution in [3.8, 4) is 5.75 Å². The van der Waals surface area contributed by atoms with Gasteiger partial charge in [-0.15, -0.1) is 11.8 Å². The lowest BCUT2D eigenvalue weighted by molar-refractivity contribution is -0.122. The molecule has 0 aliphatic heterocycles. The van der Waals surface area contributed by atoms with E-state index in [4.69, 9.17) is 4.74 Å². The molecule has 0 spiro atoms. The molecule has 1 N–H and O–H groups in total. The fourth-order valence-electron chi connectivity index (χ4n) is 2.05. The molecule has 22 heavy (non-hydrogen) atoms. The first-order chi connectivity index (χ1) is 10.7. The van der Waals surface area contributed by atoms with Gasteiger partial charge in [-0.25, -0.2) is 0 Å². The van der Waals surface area contributed by atoms with E-state index in [1.54, 1.807) is 11.8 Å². The number of benzene rings is 2. The number of thioether (sulfide) groups is 1. The van der Waals surface area contributed by atoms with E-state index in [0.29, 0.717) is 12.2 Å². The number of hydrogen-bond donors (Lipinski definition) is 1. The van der Waals surface area contributed by atoms with E-state index in [1.165, 1.54) is 0 Å². The quantitative estimate of drug-likeness (QED) is 0.759. The number of hydrogen-bond acceptors (Lipinski definition) is 3. The third kappa shape index (κ3) is 4.53. The zero-order valence-electron chi connectivity index (χ0n) is 12.9. The van der Waals surface area contributed by atoms with Crippen LogP contribution < -0.4 is 10.1 Å². The summed E-state index contributed by atoms with van der Waals surface area (Å²) in [5.41, 5.74) is 0.842. The van der Waals surface area contributed by atoms with Crippen LogP contribution in [0.2, 0.25) is 0 Å². The molecule has 0 aliphatic carbocycles. The monoisotopic (exact) mass is 315 g/mol. The summed E-state index contributed by atoms with van der Waals surface area (Å²) < 4.78 is 5.78. The van der Waals surface area contributed by atoms with Crippen LogP contribution in [0.4, 0.5) is 5.69 Å². The van der Waals surface area contributed by atoms with Crippen molar-refractivity contribution >= 4 is 23.4 Å². The predicted octanol–water partition coefficient (Wildman–Crippen LogP) is 4.59. The Bertz CT molecular complexity index is 601. The van der Waals surface area contributed by atoms with E-state index in [2.05, 4.69) is 12.2 Å². The molecule has 4 heteroatoms. The van der Waals surface area contributed by atoms with Gasteiger partial charge in [0, 0.05) is 4.90 Å². The number of nitrogens with one attached hydrogen (secondary N) is 1. The van der Waals surface area contributed by atoms with Crippen LogP contribution in [0.25, 0.3) is 0 Å². The van der Waals surface area contributed by atoms with Crippen molar-refractivity contribution in [2.24, 2.45) is 0 Å². The summed E-state index contributed by atoms with van der Waals surface area (Å²) >= 11 is 1.71. The van der Waals surface area contributed by atoms with Gasteiger partial charge in [0.25, 0.3) is 5.91 Å². The topological polar surface area (TPSA) is 38.3 Å². The Morgan fingerprint density at radius 3 is 2.45 bits per heavy atom. The van der Waals surface area contributed by atoms with Crippen LogP contribution in [0.15, 0.2) is 59.5 Å². The second-order valence-corrected chi connectivity index (χ2v) is 6.05. The van der Waals surface area contributed by atoms with E-state index >= 15 is 0 Å². The Kier molecular flexibility index (Phi) is 6.34. The van der Waals surface area contributed by atoms with Gasteiger partial charge in [0.1, 0.15) is 5.75 Å². The molecule has 0 radical (unpaired) electrons. The number of ether oxygens (including phenoxy) is 1. The lowest BCUT2D eigenvalue weighted by Crippen LogP contribution is -2.32. The number of rotatable bonds is 7. The summed E-state index contributed by atoms with van der Waals surface area (Å²) in [4.78, 5) is 13.5. The van der Waals surface area contributed by atoms with Crippen molar-refractivity contribution in [2.45, 2.75) is 31.3 Å². The highest BCUT2D eigenvalue weighted by Crippen LogP contribution is 2.27. The SMILES string of the molecule is CCSc1ccccc1NC(=O)[C@@H](CC)Oc1ccccc1. The Labute approximate surface area is 136 Å². The van der Waals surface area contributed by atoms with Crippen LogP contribution in [0.5, 0.6) is 5.75 Å². The van der Waals surface area contributed by atoms with Gasteiger partial charge in [-0.05, 0) is 36.4 Å². The highest BCUT2D eigenvalue weighted by Gasteiger charge is 2.19. The number of para-hydroxylation sites is 2. The van der Waals surface area contributed by atoms with Crippen molar-refractivity contribution < 1.29 is 9.53 Å². The van der Waals surface area contributed by atoms with Crippen molar-refractivity contribution in [3.63, 3.8) is 0 Å². The molecular weight excluding hydrogens is 294 g/mol. The molecule has 2 aromatic rings. The molecule has 0 saturated carbocycles. The van der Waals surface area contributed by atoms with Gasteiger partial charge in [0.05, 0.1) is 5.69 Å². The fourth-order valence-corrected chi connectivity index (χ4v) is 2.81. The number of anilines is 1. The molecule has 2 rings (SSSR count). The molecule has 0 saturated heterocycles. The van der Waals surface area contributed by atoms with E-state index in [9.17, 15) is 4.79 Å². The van der Waals surface area contributed by atoms with E-state index in [0.717, 1.165) is 16.3 Å². The summed E-state index contributed by atoms with van der Waals surface area (Å²) in [6, 6.07) is 17.3. The Morgan fingerprint density at radius 1 is 1.09 bits per heavy atom. The highest BCUT2D eigenvalue weighted by atomic mass is 32.2. The van der Waals surface area contributed by atoms with Gasteiger partial charge < -0.3 is 10.1 Å². The van der Waals surface area contributed by atoms with Gasteiger partial charge in [-0.3, -0.25) is 4.79 Å². The lowest BCUT2D eigenvalue weighted by atomic mass is 10.2. The van der Waals surface area contributed by atoms with Crippen molar-refractivity contribution in [1.82, 2.24) is 0 Å². The van der Waals surface area contributed by atoms with Crippen LogP contribution in [-0.2, 0) is 4.79 Å². The number of carbonyl (C=O) groups excluding carboxylic acids is 1. The van der Waals surface area contributed by atoms with Gasteiger partial charge in [0.15, 0.2) is 6.10 Å². The minimum absolute atomic E-state index is 0.115. The first-order valence-corrected chi connectivity index (χ1v) is 8.47. The first kappa shape index (κ1) is 16.4. The third-order valence-corrected chi connectivity index (χ3v) is 4.09. The van der Waals surface area contributed by atoms with E-state index < -0.39 is 6.10 Å². The normalized spacial score (nSPS) is 11.7. The van der Waals surface area contributed by atoms with Crippen molar-refractivity contribution in [1.29, 1.82) is 0 Å². The summed E-state index contributed by atoms with van der Waals surface area (Å²) in [5.74, 6) is 1.56. The van der Waals surface area contributed by atoms with Crippen molar-refractivity contribution in [2.75, 3.05) is 11.1 Å². The molecule has 1 atom stereocenters. The Balaban J connectivity index is 2.06. The number of amides is 1. The first-order valence-electron chi connectivity index (χ1n) is 7.49. The van der Waals surface area contributed by atoms with Crippen LogP contribution in [0.3, 0.4) is 0 Å². The molecule has 0 aliphatic rings. The van der Waals surface area contributed by atoms with Gasteiger partial charge in [0.2, 0.25) is 0 Å². The van der Waals surface area contributed by atoms with Crippen molar-refractivity contribution in [3.05, 3.63) is 54.6 Å². The molecule has 0 fully saturated rings. The van der Waals surface area contributed by atoms with E-state index in [-0.39, 0.29) is 5.91 Å². The van der Waals surface area contributed by atoms with E-state index in [1.807, 2.05) is 61.5 Å². The largest absolute Gasteiger partial charge is 0.481 e. The summed E-state index contributed by atoms with van der Waals surface area (Å²) in [5, 5.41) is 2.98. The van der Waals surface area contributed by atoms with Crippen LogP contribution >= 0.6 is 11.8 Å². The maximum absolute atomic E-state index is 12.5. The molecule has 2 aromatic carbocycles. The minimum atomic E-state index is -0.498. The van der Waals surface area contributed by atoms with Crippen LogP contribution in [0, 0.1) is 0 Å². The maximum atomic E-state index is 12.5. The molecule has 0 unspecified atom stereocenters. The Hall–Kier alpha value is -1.94. The summed E-state index contributed by atoms with van der Waals surface area (Å²) in [6.07, 6.45) is 0.117. The van der Waals surface area contributed by atoms with Crippen LogP contribution in [0.1, 0.15) is 20.3 Å². The summed E-state index contributed by atoms with van der Waals surface area (Å²) in [7, 11) is 0. The lowest BCUT2D eigenvalue weighted by Gasteiger charge is -2.18. The molecule has 0 aromatic heterocycles. The smallest absolute Gasteiger partial charge is 0.265 e. The standard InChI is InChI=1S/C18H21NO2S/c1-3-16(21-14-10-6-5-7-11-14)18(20)19-15-12-8-9-13-17(15)22-4-2/h5-13,16H,3-4H2,1-2H3,(H,19,20)/t16-/m1/s1. The van der Waals surface area contributed by atoms with Gasteiger partial charge in [-0.1, -0.05) is 44.2 Å². The number of carbonyl (C=O) groups is 1. The van der Waals surface area contributed by atoms with Crippen LogP contribution in [-0.4, -0.2) is 17.8 Å². The molecule has 0 bridgehead atoms. The maximum Gasteiger partial charge on any atom is 0.265 e. The second kappa shape index (κ2) is 8.49. The molecule has 1 amide bonds. The molecule has 0 heterocycles. The molecule has 116 valence electrons. The fraction of sp³-hybridized carbons (Fsp3) is 0.278. The third-order valence-electron chi connectivity index (χ3n) is 3.13. The molecule has 3 nitrogen and oxygen atoms in total. The predicted molar refractivity (Wildman–Crippen MR) is 92.6 cm³/mol. The zero-order chi connectivity index (χ0) is 15.8. The Morgan fingerprint density at radius 2 is 1.77 bits per heavy atom. The zero-order valence-corrected chi connectivity index (χ0v) is 13.7. The average Bonchev–Trinajstić information content (AvgIpc) is 2.55. The van der Waals surface area contributed by atoms with Gasteiger partial charge in [-0.2, -0.15) is 0 Å².